The van der Waals surface area contributed by atoms with E-state index in [1.807, 2.05) is 31.2 Å². The fourth-order valence-electron chi connectivity index (χ4n) is 2.15. The first kappa shape index (κ1) is 16.6. The van der Waals surface area contributed by atoms with E-state index in [-0.39, 0.29) is 11.4 Å². The maximum Gasteiger partial charge on any atom is 0.222 e. The molecule has 0 aliphatic carbocycles. The van der Waals surface area contributed by atoms with Gasteiger partial charge in [-0.25, -0.2) is 4.98 Å². The number of nitrogen functional groups attached to an aromatic ring is 2. The number of hydrogen-bond donors (Lipinski definition) is 2. The second-order valence-electron chi connectivity index (χ2n) is 5.68. The van der Waals surface area contributed by atoms with E-state index in [4.69, 9.17) is 34.7 Å². The number of hydrogen-bond acceptors (Lipinski definition) is 4. The number of benzene rings is 1. The topological polar surface area (TPSA) is 77.8 Å². The molecule has 1 aromatic carbocycles. The van der Waals surface area contributed by atoms with Crippen molar-refractivity contribution in [2.75, 3.05) is 11.5 Å². The number of anilines is 2. The molecule has 116 valence electrons. The zero-order chi connectivity index (χ0) is 16.5. The van der Waals surface area contributed by atoms with Gasteiger partial charge in [0.2, 0.25) is 5.95 Å². The van der Waals surface area contributed by atoms with E-state index in [0.717, 1.165) is 16.8 Å². The van der Waals surface area contributed by atoms with Gasteiger partial charge in [-0.15, -0.1) is 0 Å². The van der Waals surface area contributed by atoms with Crippen molar-refractivity contribution in [2.45, 2.75) is 26.2 Å². The molecule has 0 fully saturated rings. The van der Waals surface area contributed by atoms with Crippen molar-refractivity contribution < 1.29 is 0 Å². The fourth-order valence-corrected chi connectivity index (χ4v) is 2.67. The van der Waals surface area contributed by atoms with E-state index >= 15 is 0 Å². The Hall–Kier alpha value is -1.78. The van der Waals surface area contributed by atoms with E-state index in [1.165, 1.54) is 0 Å². The van der Waals surface area contributed by atoms with E-state index in [1.54, 1.807) is 6.07 Å². The van der Waals surface area contributed by atoms with E-state index in [0.29, 0.717) is 15.9 Å². The number of aromatic nitrogens is 2. The lowest BCUT2D eigenvalue weighted by Crippen LogP contribution is -2.13. The molecule has 0 atom stereocenters. The molecule has 1 aromatic heterocycles. The lowest BCUT2D eigenvalue weighted by molar-refractivity contribution is 0.673. The van der Waals surface area contributed by atoms with Crippen LogP contribution in [0, 0.1) is 6.92 Å². The van der Waals surface area contributed by atoms with Crippen molar-refractivity contribution in [1.29, 1.82) is 0 Å². The first-order valence-corrected chi connectivity index (χ1v) is 7.50. The van der Waals surface area contributed by atoms with Crippen LogP contribution in [0.15, 0.2) is 24.3 Å². The number of aryl methyl sites for hydroxylation is 1. The molecule has 0 amide bonds. The summed E-state index contributed by atoms with van der Waals surface area (Å²) < 4.78 is 0. The first-order valence-electron chi connectivity index (χ1n) is 6.74. The lowest BCUT2D eigenvalue weighted by Gasteiger charge is -2.22. The van der Waals surface area contributed by atoms with Crippen LogP contribution in [-0.2, 0) is 5.41 Å². The van der Waals surface area contributed by atoms with Gasteiger partial charge in [0.1, 0.15) is 5.82 Å². The summed E-state index contributed by atoms with van der Waals surface area (Å²) in [5.41, 5.74) is 13.7. The molecule has 2 aromatic rings. The standard InChI is InChI=1S/C16H18Cl2N4/c1-9-13(14(19)22-15(20)21-9)4-5-16(2,3)10-6-11(17)8-12(18)7-10/h4-8H,1-3H3,(H4,19,20,21,22)/b5-4+. The van der Waals surface area contributed by atoms with Gasteiger partial charge in [-0.2, -0.15) is 4.98 Å². The van der Waals surface area contributed by atoms with Crippen LogP contribution >= 0.6 is 23.2 Å². The molecule has 4 nitrogen and oxygen atoms in total. The summed E-state index contributed by atoms with van der Waals surface area (Å²) in [7, 11) is 0. The van der Waals surface area contributed by atoms with Crippen LogP contribution in [-0.4, -0.2) is 9.97 Å². The molecule has 2 rings (SSSR count). The molecule has 22 heavy (non-hydrogen) atoms. The Labute approximate surface area is 140 Å². The van der Waals surface area contributed by atoms with Crippen LogP contribution < -0.4 is 11.5 Å². The third-order valence-electron chi connectivity index (χ3n) is 3.46. The average molecular weight is 337 g/mol. The predicted octanol–water partition coefficient (Wildman–Crippen LogP) is 4.25. The molecule has 1 heterocycles. The van der Waals surface area contributed by atoms with Crippen LogP contribution in [0.2, 0.25) is 10.0 Å². The van der Waals surface area contributed by atoms with Crippen molar-refractivity contribution in [3.05, 3.63) is 51.1 Å². The monoisotopic (exact) mass is 336 g/mol. The van der Waals surface area contributed by atoms with Gasteiger partial charge in [0.05, 0.1) is 5.69 Å². The van der Waals surface area contributed by atoms with Crippen molar-refractivity contribution >= 4 is 41.0 Å². The van der Waals surface area contributed by atoms with Crippen LogP contribution in [0.5, 0.6) is 0 Å². The van der Waals surface area contributed by atoms with Crippen molar-refractivity contribution in [1.82, 2.24) is 9.97 Å². The highest BCUT2D eigenvalue weighted by molar-refractivity contribution is 6.34. The Kier molecular flexibility index (Phi) is 4.63. The summed E-state index contributed by atoms with van der Waals surface area (Å²) in [6.45, 7) is 5.97. The molecular formula is C16H18Cl2N4. The number of nitrogens with two attached hydrogens (primary N) is 2. The molecule has 6 heteroatoms. The zero-order valence-electron chi connectivity index (χ0n) is 12.7. The smallest absolute Gasteiger partial charge is 0.222 e. The number of allylic oxidation sites excluding steroid dienone is 1. The van der Waals surface area contributed by atoms with Crippen LogP contribution in [0.3, 0.4) is 0 Å². The van der Waals surface area contributed by atoms with Gasteiger partial charge in [-0.05, 0) is 30.7 Å². The van der Waals surface area contributed by atoms with Gasteiger partial charge in [0.25, 0.3) is 0 Å². The Bertz CT molecular complexity index is 696. The maximum absolute atomic E-state index is 6.08. The minimum atomic E-state index is -0.283. The molecule has 0 saturated carbocycles. The highest BCUT2D eigenvalue weighted by Crippen LogP contribution is 2.31. The van der Waals surface area contributed by atoms with Crippen LogP contribution in [0.1, 0.15) is 30.7 Å². The number of halogens is 2. The van der Waals surface area contributed by atoms with E-state index in [2.05, 4.69) is 23.8 Å². The first-order chi connectivity index (χ1) is 10.2. The second kappa shape index (κ2) is 6.15. The molecule has 0 unspecified atom stereocenters. The molecule has 0 bridgehead atoms. The Morgan fingerprint density at radius 3 is 2.18 bits per heavy atom. The lowest BCUT2D eigenvalue weighted by atomic mass is 9.84. The van der Waals surface area contributed by atoms with Gasteiger partial charge in [0.15, 0.2) is 0 Å². The fraction of sp³-hybridized carbons (Fsp3) is 0.250. The molecule has 0 saturated heterocycles. The maximum atomic E-state index is 6.08. The zero-order valence-corrected chi connectivity index (χ0v) is 14.2. The summed E-state index contributed by atoms with van der Waals surface area (Å²) in [5, 5.41) is 1.21. The third kappa shape index (κ3) is 3.70. The highest BCUT2D eigenvalue weighted by Gasteiger charge is 2.18. The summed E-state index contributed by atoms with van der Waals surface area (Å²) in [6.07, 6.45) is 3.92. The highest BCUT2D eigenvalue weighted by atomic mass is 35.5. The predicted molar refractivity (Wildman–Crippen MR) is 94.1 cm³/mol. The van der Waals surface area contributed by atoms with Crippen molar-refractivity contribution in [2.24, 2.45) is 0 Å². The normalized spacial score (nSPS) is 12.0. The summed E-state index contributed by atoms with van der Waals surface area (Å²) in [4.78, 5) is 8.12. The third-order valence-corrected chi connectivity index (χ3v) is 3.89. The molecular weight excluding hydrogens is 319 g/mol. The largest absolute Gasteiger partial charge is 0.383 e. The second-order valence-corrected chi connectivity index (χ2v) is 6.55. The van der Waals surface area contributed by atoms with Gasteiger partial charge in [0, 0.05) is 21.0 Å². The Morgan fingerprint density at radius 1 is 1.05 bits per heavy atom. The Balaban J connectivity index is 2.40. The summed E-state index contributed by atoms with van der Waals surface area (Å²) in [6, 6.07) is 5.50. The van der Waals surface area contributed by atoms with Crippen LogP contribution in [0.25, 0.3) is 6.08 Å². The van der Waals surface area contributed by atoms with Gasteiger partial charge in [-0.3, -0.25) is 0 Å². The molecule has 0 radical (unpaired) electrons. The minimum absolute atomic E-state index is 0.174. The Morgan fingerprint density at radius 2 is 1.64 bits per heavy atom. The number of nitrogens with zero attached hydrogens (tertiary/aromatic N) is 2. The van der Waals surface area contributed by atoms with Crippen LogP contribution in [0.4, 0.5) is 11.8 Å². The van der Waals surface area contributed by atoms with Gasteiger partial charge in [-0.1, -0.05) is 49.2 Å². The summed E-state index contributed by atoms with van der Waals surface area (Å²) in [5.74, 6) is 0.536. The molecule has 0 spiro atoms. The number of rotatable bonds is 3. The van der Waals surface area contributed by atoms with Gasteiger partial charge >= 0.3 is 0 Å². The van der Waals surface area contributed by atoms with Crippen molar-refractivity contribution in [3.8, 4) is 0 Å². The van der Waals surface area contributed by atoms with Crippen molar-refractivity contribution in [3.63, 3.8) is 0 Å². The SMILES string of the molecule is Cc1nc(N)nc(N)c1/C=C/C(C)(C)c1cc(Cl)cc(Cl)c1. The van der Waals surface area contributed by atoms with E-state index in [9.17, 15) is 0 Å². The average Bonchev–Trinajstić information content (AvgIpc) is 2.36. The van der Waals surface area contributed by atoms with E-state index < -0.39 is 0 Å². The molecule has 0 aliphatic heterocycles. The molecule has 4 N–H and O–H groups in total. The summed E-state index contributed by atoms with van der Waals surface area (Å²) >= 11 is 12.2. The minimum Gasteiger partial charge on any atom is -0.383 e. The quantitative estimate of drug-likeness (QED) is 0.878. The van der Waals surface area contributed by atoms with Gasteiger partial charge < -0.3 is 11.5 Å². The molecule has 0 aliphatic rings.